The van der Waals surface area contributed by atoms with Gasteiger partial charge in [0, 0.05) is 6.04 Å². The van der Waals surface area contributed by atoms with Crippen molar-refractivity contribution in [3.05, 3.63) is 0 Å². The maximum Gasteiger partial charge on any atom is 0.234 e. The molecule has 0 unspecified atom stereocenters. The van der Waals surface area contributed by atoms with Crippen LogP contribution in [0.4, 0.5) is 0 Å². The van der Waals surface area contributed by atoms with Gasteiger partial charge in [-0.1, -0.05) is 12.8 Å². The van der Waals surface area contributed by atoms with E-state index >= 15 is 0 Å². The second kappa shape index (κ2) is 5.82. The Morgan fingerprint density at radius 3 is 2.63 bits per heavy atom. The van der Waals surface area contributed by atoms with Gasteiger partial charge in [0.25, 0.3) is 0 Å². The number of amides is 1. The summed E-state index contributed by atoms with van der Waals surface area (Å²) in [5.74, 6) is 2.87. The highest BCUT2D eigenvalue weighted by atomic mass is 16.2. The molecule has 1 aliphatic heterocycles. The van der Waals surface area contributed by atoms with Crippen LogP contribution in [0.1, 0.15) is 51.9 Å². The highest BCUT2D eigenvalue weighted by Gasteiger charge is 2.42. The molecule has 4 atom stereocenters. The van der Waals surface area contributed by atoms with Crippen LogP contribution in [0.25, 0.3) is 0 Å². The summed E-state index contributed by atoms with van der Waals surface area (Å²) in [4.78, 5) is 14.4. The molecule has 108 valence electrons. The molecule has 3 fully saturated rings. The molecule has 1 saturated heterocycles. The van der Waals surface area contributed by atoms with E-state index in [9.17, 15) is 4.79 Å². The molecule has 19 heavy (non-hydrogen) atoms. The van der Waals surface area contributed by atoms with Crippen molar-refractivity contribution in [2.45, 2.75) is 57.9 Å². The first-order valence-corrected chi connectivity index (χ1v) is 8.24. The van der Waals surface area contributed by atoms with Gasteiger partial charge in [0.1, 0.15) is 0 Å². The summed E-state index contributed by atoms with van der Waals surface area (Å²) < 4.78 is 0. The van der Waals surface area contributed by atoms with E-state index in [4.69, 9.17) is 0 Å². The predicted molar refractivity (Wildman–Crippen MR) is 76.8 cm³/mol. The molecule has 0 spiro atoms. The van der Waals surface area contributed by atoms with Gasteiger partial charge < -0.3 is 5.32 Å². The number of nitrogens with one attached hydrogen (secondary N) is 1. The van der Waals surface area contributed by atoms with E-state index in [1.807, 2.05) is 0 Å². The molecule has 2 saturated carbocycles. The third kappa shape index (κ3) is 3.13. The van der Waals surface area contributed by atoms with Crippen LogP contribution >= 0.6 is 0 Å². The molecule has 2 aliphatic carbocycles. The monoisotopic (exact) mass is 264 g/mol. The highest BCUT2D eigenvalue weighted by Crippen LogP contribution is 2.49. The molecule has 0 aromatic carbocycles. The van der Waals surface area contributed by atoms with Crippen molar-refractivity contribution in [2.24, 2.45) is 17.8 Å². The lowest BCUT2D eigenvalue weighted by molar-refractivity contribution is -0.123. The number of fused-ring (bicyclic) bond motifs is 2. The van der Waals surface area contributed by atoms with E-state index in [2.05, 4.69) is 17.1 Å². The van der Waals surface area contributed by atoms with Crippen molar-refractivity contribution in [1.82, 2.24) is 10.2 Å². The average Bonchev–Trinajstić information content (AvgIpc) is 3.02. The Bertz CT molecular complexity index is 325. The van der Waals surface area contributed by atoms with Crippen LogP contribution in [-0.2, 0) is 4.79 Å². The molecule has 2 bridgehead atoms. The maximum atomic E-state index is 12.1. The van der Waals surface area contributed by atoms with Crippen molar-refractivity contribution in [3.8, 4) is 0 Å². The number of hydrogen-bond acceptors (Lipinski definition) is 2. The number of rotatable bonds is 4. The Labute approximate surface area is 117 Å². The topological polar surface area (TPSA) is 32.3 Å². The fourth-order valence-corrected chi connectivity index (χ4v) is 4.63. The van der Waals surface area contributed by atoms with Gasteiger partial charge in [0.05, 0.1) is 6.54 Å². The standard InChI is InChI=1S/C16H28N2O/c1-12(15-10-13-5-6-14(15)9-13)17-16(19)11-18-7-3-2-4-8-18/h12-15H,2-11H2,1H3,(H,17,19)/t12-,13+,14+,15+/m0/s1. The van der Waals surface area contributed by atoms with E-state index in [1.54, 1.807) is 0 Å². The van der Waals surface area contributed by atoms with Crippen molar-refractivity contribution >= 4 is 5.91 Å². The molecule has 3 nitrogen and oxygen atoms in total. The lowest BCUT2D eigenvalue weighted by Gasteiger charge is -2.30. The second-order valence-corrected chi connectivity index (χ2v) is 7.03. The number of piperidine rings is 1. The molecule has 1 heterocycles. The fraction of sp³-hybridized carbons (Fsp3) is 0.938. The molecular weight excluding hydrogens is 236 g/mol. The fourth-order valence-electron chi connectivity index (χ4n) is 4.63. The summed E-state index contributed by atoms with van der Waals surface area (Å²) >= 11 is 0. The van der Waals surface area contributed by atoms with Gasteiger partial charge in [-0.2, -0.15) is 0 Å². The number of carbonyl (C=O) groups is 1. The molecule has 3 aliphatic rings. The highest BCUT2D eigenvalue weighted by molar-refractivity contribution is 5.78. The minimum Gasteiger partial charge on any atom is -0.352 e. The first-order valence-electron chi connectivity index (χ1n) is 8.24. The Morgan fingerprint density at radius 1 is 1.21 bits per heavy atom. The molecule has 0 radical (unpaired) electrons. The van der Waals surface area contributed by atoms with Crippen LogP contribution in [0.3, 0.4) is 0 Å². The average molecular weight is 264 g/mol. The molecular formula is C16H28N2O. The predicted octanol–water partition coefficient (Wildman–Crippen LogP) is 2.41. The summed E-state index contributed by atoms with van der Waals surface area (Å²) in [5, 5.41) is 3.27. The van der Waals surface area contributed by atoms with E-state index in [1.165, 1.54) is 44.9 Å². The zero-order chi connectivity index (χ0) is 13.2. The van der Waals surface area contributed by atoms with Crippen LogP contribution in [0.15, 0.2) is 0 Å². The Balaban J connectivity index is 1.43. The minimum absolute atomic E-state index is 0.247. The van der Waals surface area contributed by atoms with Gasteiger partial charge in [-0.3, -0.25) is 9.69 Å². The quantitative estimate of drug-likeness (QED) is 0.845. The molecule has 3 heteroatoms. The van der Waals surface area contributed by atoms with Gasteiger partial charge in [-0.05, 0) is 69.9 Å². The smallest absolute Gasteiger partial charge is 0.234 e. The number of hydrogen-bond donors (Lipinski definition) is 1. The zero-order valence-corrected chi connectivity index (χ0v) is 12.2. The lowest BCUT2D eigenvalue weighted by atomic mass is 9.84. The minimum atomic E-state index is 0.247. The third-order valence-corrected chi connectivity index (χ3v) is 5.64. The van der Waals surface area contributed by atoms with Crippen LogP contribution in [0, 0.1) is 17.8 Å². The van der Waals surface area contributed by atoms with E-state index in [0.29, 0.717) is 12.6 Å². The van der Waals surface area contributed by atoms with Crippen molar-refractivity contribution in [2.75, 3.05) is 19.6 Å². The summed E-state index contributed by atoms with van der Waals surface area (Å²) in [6, 6.07) is 0.382. The van der Waals surface area contributed by atoms with Crippen molar-refractivity contribution < 1.29 is 4.79 Å². The summed E-state index contributed by atoms with van der Waals surface area (Å²) in [6.45, 7) is 5.05. The van der Waals surface area contributed by atoms with Crippen LogP contribution in [-0.4, -0.2) is 36.5 Å². The van der Waals surface area contributed by atoms with Crippen molar-refractivity contribution in [3.63, 3.8) is 0 Å². The van der Waals surface area contributed by atoms with E-state index in [-0.39, 0.29) is 5.91 Å². The van der Waals surface area contributed by atoms with Gasteiger partial charge in [-0.25, -0.2) is 0 Å². The van der Waals surface area contributed by atoms with Gasteiger partial charge in [0.2, 0.25) is 5.91 Å². The van der Waals surface area contributed by atoms with E-state index in [0.717, 1.165) is 30.8 Å². The van der Waals surface area contributed by atoms with E-state index < -0.39 is 0 Å². The third-order valence-electron chi connectivity index (χ3n) is 5.64. The second-order valence-electron chi connectivity index (χ2n) is 7.03. The summed E-state index contributed by atoms with van der Waals surface area (Å²) in [5.41, 5.74) is 0. The van der Waals surface area contributed by atoms with Gasteiger partial charge in [-0.15, -0.1) is 0 Å². The summed E-state index contributed by atoms with van der Waals surface area (Å²) in [6.07, 6.45) is 9.48. The number of likely N-dealkylation sites (tertiary alicyclic amines) is 1. The number of carbonyl (C=O) groups excluding carboxylic acids is 1. The Hall–Kier alpha value is -0.570. The zero-order valence-electron chi connectivity index (χ0n) is 12.2. The molecule has 3 rings (SSSR count). The maximum absolute atomic E-state index is 12.1. The summed E-state index contributed by atoms with van der Waals surface area (Å²) in [7, 11) is 0. The molecule has 0 aromatic heterocycles. The SMILES string of the molecule is C[C@H](NC(=O)CN1CCCCC1)[C@H]1C[C@@H]2CC[C@@H]1C2. The lowest BCUT2D eigenvalue weighted by Crippen LogP contribution is -2.45. The van der Waals surface area contributed by atoms with Crippen molar-refractivity contribution in [1.29, 1.82) is 0 Å². The first kappa shape index (κ1) is 13.4. The molecule has 0 aromatic rings. The van der Waals surface area contributed by atoms with Gasteiger partial charge >= 0.3 is 0 Å². The van der Waals surface area contributed by atoms with Crippen LogP contribution < -0.4 is 5.32 Å². The Morgan fingerprint density at radius 2 is 2.00 bits per heavy atom. The first-order chi connectivity index (χ1) is 9.22. The normalized spacial score (nSPS) is 36.4. The molecule has 1 N–H and O–H groups in total. The van der Waals surface area contributed by atoms with Crippen LogP contribution in [0.2, 0.25) is 0 Å². The number of nitrogens with zero attached hydrogens (tertiary/aromatic N) is 1. The largest absolute Gasteiger partial charge is 0.352 e. The molecule has 1 amide bonds. The van der Waals surface area contributed by atoms with Crippen LogP contribution in [0.5, 0.6) is 0 Å². The van der Waals surface area contributed by atoms with Gasteiger partial charge in [0.15, 0.2) is 0 Å². The Kier molecular flexibility index (Phi) is 4.11.